The molecule has 0 amide bonds. The quantitative estimate of drug-likeness (QED) is 0.152. The molecule has 0 aliphatic carbocycles. The van der Waals surface area contributed by atoms with E-state index in [4.69, 9.17) is 26.4 Å². The van der Waals surface area contributed by atoms with Crippen LogP contribution in [0, 0.1) is 0 Å². The highest BCUT2D eigenvalue weighted by atomic mass is 16.5. The summed E-state index contributed by atoms with van der Waals surface area (Å²) in [6, 6.07) is 18.8. The highest BCUT2D eigenvalue weighted by Crippen LogP contribution is 2.37. The van der Waals surface area contributed by atoms with Crippen molar-refractivity contribution < 1.29 is 9.84 Å². The molecule has 15 heteroatoms. The van der Waals surface area contributed by atoms with Gasteiger partial charge in [0.1, 0.15) is 47.2 Å². The molecule has 0 aliphatic heterocycles. The number of pyridine rings is 1. The summed E-state index contributed by atoms with van der Waals surface area (Å²) in [6.07, 6.45) is 5.79. The van der Waals surface area contributed by atoms with Gasteiger partial charge in [0.05, 0.1) is 28.7 Å². The van der Waals surface area contributed by atoms with Crippen molar-refractivity contribution in [3.8, 4) is 34.3 Å². The minimum absolute atomic E-state index is 0.163. The first-order valence-electron chi connectivity index (χ1n) is 15.4. The van der Waals surface area contributed by atoms with Gasteiger partial charge in [-0.05, 0) is 61.0 Å². The van der Waals surface area contributed by atoms with Gasteiger partial charge in [-0.2, -0.15) is 10.2 Å². The number of rotatable bonds is 7. The van der Waals surface area contributed by atoms with E-state index >= 15 is 0 Å². The summed E-state index contributed by atoms with van der Waals surface area (Å²) in [7, 11) is 0. The molecule has 0 radical (unpaired) electrons. The van der Waals surface area contributed by atoms with Gasteiger partial charge in [0, 0.05) is 34.2 Å². The first-order valence-corrected chi connectivity index (χ1v) is 15.4. The van der Waals surface area contributed by atoms with E-state index in [9.17, 15) is 5.11 Å². The van der Waals surface area contributed by atoms with E-state index in [1.807, 2.05) is 55.5 Å². The molecule has 0 spiro atoms. The third-order valence-corrected chi connectivity index (χ3v) is 8.53. The third-order valence-electron chi connectivity index (χ3n) is 8.53. The average Bonchev–Trinajstić information content (AvgIpc) is 3.89. The molecule has 49 heavy (non-hydrogen) atoms. The van der Waals surface area contributed by atoms with Crippen LogP contribution in [-0.4, -0.2) is 59.6 Å². The Morgan fingerprint density at radius 2 is 1.57 bits per heavy atom. The number of aromatic amines is 2. The van der Waals surface area contributed by atoms with Gasteiger partial charge in [-0.1, -0.05) is 12.1 Å². The summed E-state index contributed by atoms with van der Waals surface area (Å²) >= 11 is 0. The van der Waals surface area contributed by atoms with E-state index in [0.29, 0.717) is 62.6 Å². The van der Waals surface area contributed by atoms with Crippen LogP contribution in [0.2, 0.25) is 0 Å². The number of aromatic hydroxyl groups is 1. The fourth-order valence-corrected chi connectivity index (χ4v) is 6.26. The number of phenolic OH excluding ortho intramolecular Hbond substituents is 1. The Morgan fingerprint density at radius 3 is 2.37 bits per heavy atom. The second-order valence-corrected chi connectivity index (χ2v) is 11.6. The first kappa shape index (κ1) is 28.2. The smallest absolute Gasteiger partial charge is 0.191 e. The number of fused-ring (bicyclic) bond motifs is 4. The number of H-pyrrole nitrogens is 2. The van der Waals surface area contributed by atoms with Crippen molar-refractivity contribution in [2.75, 3.05) is 11.5 Å². The zero-order valence-corrected chi connectivity index (χ0v) is 25.9. The fraction of sp³-hybridized carbons (Fsp3) is 0.0882. The Hall–Kier alpha value is -7.03. The predicted octanol–water partition coefficient (Wildman–Crippen LogP) is 5.17. The highest BCUT2D eigenvalue weighted by molar-refractivity contribution is 6.01. The highest BCUT2D eigenvalue weighted by Gasteiger charge is 2.23. The molecule has 7 N–H and O–H groups in total. The molecule has 9 aromatic rings. The lowest BCUT2D eigenvalue weighted by Gasteiger charge is -2.15. The maximum Gasteiger partial charge on any atom is 0.191 e. The van der Waals surface area contributed by atoms with Crippen LogP contribution < -0.4 is 16.2 Å². The lowest BCUT2D eigenvalue weighted by molar-refractivity contribution is 0.143. The van der Waals surface area contributed by atoms with Crippen LogP contribution in [0.1, 0.15) is 18.7 Å². The number of nitrogens with one attached hydrogen (secondary N) is 2. The van der Waals surface area contributed by atoms with Gasteiger partial charge in [-0.25, -0.2) is 29.3 Å². The summed E-state index contributed by atoms with van der Waals surface area (Å²) in [5.74, 6) is 1.40. The average molecular weight is 650 g/mol. The fourth-order valence-electron chi connectivity index (χ4n) is 6.26. The van der Waals surface area contributed by atoms with Gasteiger partial charge in [-0.15, -0.1) is 0 Å². The van der Waals surface area contributed by atoms with Crippen LogP contribution in [0.4, 0.5) is 11.6 Å². The molecule has 0 saturated heterocycles. The van der Waals surface area contributed by atoms with Crippen molar-refractivity contribution >= 4 is 55.5 Å². The van der Waals surface area contributed by atoms with Crippen molar-refractivity contribution in [2.24, 2.45) is 0 Å². The van der Waals surface area contributed by atoms with E-state index in [2.05, 4.69) is 34.9 Å². The molecule has 0 fully saturated rings. The largest absolute Gasteiger partial charge is 0.507 e. The minimum atomic E-state index is -0.580. The number of hydrogen-bond acceptors (Lipinski definition) is 11. The van der Waals surface area contributed by atoms with Crippen LogP contribution in [-0.2, 0) is 6.54 Å². The topological polar surface area (TPSA) is 213 Å². The normalized spacial score (nSPS) is 12.4. The number of aromatic nitrogens is 11. The molecule has 1 unspecified atom stereocenters. The van der Waals surface area contributed by atoms with Crippen LogP contribution >= 0.6 is 0 Å². The minimum Gasteiger partial charge on any atom is -0.507 e. The Labute approximate surface area is 276 Å². The van der Waals surface area contributed by atoms with Gasteiger partial charge in [-0.3, -0.25) is 4.98 Å². The molecular formula is C34H27N13O2. The molecule has 15 nitrogen and oxygen atoms in total. The Bertz CT molecular complexity index is 2690. The van der Waals surface area contributed by atoms with Gasteiger partial charge < -0.3 is 31.3 Å². The Morgan fingerprint density at radius 1 is 0.816 bits per heavy atom. The molecule has 0 aliphatic rings. The summed E-state index contributed by atoms with van der Waals surface area (Å²) < 4.78 is 9.90. The van der Waals surface area contributed by atoms with Crippen molar-refractivity contribution in [3.63, 3.8) is 0 Å². The maximum atomic E-state index is 10.4. The van der Waals surface area contributed by atoms with Gasteiger partial charge in [0.25, 0.3) is 0 Å². The molecule has 1 atom stereocenters. The first-order chi connectivity index (χ1) is 23.9. The summed E-state index contributed by atoms with van der Waals surface area (Å²) in [4.78, 5) is 28.4. The molecular weight excluding hydrogens is 622 g/mol. The maximum absolute atomic E-state index is 10.4. The van der Waals surface area contributed by atoms with Crippen molar-refractivity contribution in [1.29, 1.82) is 0 Å². The monoisotopic (exact) mass is 649 g/mol. The Balaban J connectivity index is 1.06. The van der Waals surface area contributed by atoms with Crippen molar-refractivity contribution in [3.05, 3.63) is 91.3 Å². The van der Waals surface area contributed by atoms with Gasteiger partial charge in [0.2, 0.25) is 0 Å². The SMILES string of the molecule is CC(Oc1ccc2[nH]c(-c3nn(Cc4cccnc4)c4ncnc(N)c34)cc2c1)n1nc(-c2cc3c(O)cccc3[nH]2)c2c(N)ncnc21. The van der Waals surface area contributed by atoms with E-state index < -0.39 is 6.23 Å². The molecule has 2 aromatic carbocycles. The zero-order valence-electron chi connectivity index (χ0n) is 25.9. The zero-order chi connectivity index (χ0) is 33.2. The molecule has 7 heterocycles. The molecule has 0 saturated carbocycles. The number of phenols is 1. The lowest BCUT2D eigenvalue weighted by Crippen LogP contribution is -2.14. The lowest BCUT2D eigenvalue weighted by atomic mass is 10.2. The van der Waals surface area contributed by atoms with Gasteiger partial charge >= 0.3 is 0 Å². The Kier molecular flexibility index (Phi) is 6.20. The van der Waals surface area contributed by atoms with Crippen LogP contribution in [0.25, 0.3) is 66.6 Å². The van der Waals surface area contributed by atoms with E-state index in [-0.39, 0.29) is 11.6 Å². The number of nitrogens with two attached hydrogens (primary N) is 2. The van der Waals surface area contributed by atoms with E-state index in [1.165, 1.54) is 12.7 Å². The van der Waals surface area contributed by atoms with E-state index in [1.54, 1.807) is 33.9 Å². The number of nitrogen functional groups attached to an aromatic ring is 2. The number of anilines is 2. The van der Waals surface area contributed by atoms with Crippen molar-refractivity contribution in [2.45, 2.75) is 19.7 Å². The summed E-state index contributed by atoms with van der Waals surface area (Å²) in [6.45, 7) is 2.35. The second kappa shape index (κ2) is 10.8. The van der Waals surface area contributed by atoms with Gasteiger partial charge in [0.15, 0.2) is 17.5 Å². The molecule has 9 rings (SSSR count). The summed E-state index contributed by atoms with van der Waals surface area (Å²) in [5.41, 5.74) is 19.1. The summed E-state index contributed by atoms with van der Waals surface area (Å²) in [5, 5.41) is 23.0. The second-order valence-electron chi connectivity index (χ2n) is 11.6. The van der Waals surface area contributed by atoms with Crippen LogP contribution in [0.15, 0.2) is 85.7 Å². The molecule has 0 bridgehead atoms. The number of nitrogens with zero attached hydrogens (tertiary/aromatic N) is 9. The van der Waals surface area contributed by atoms with E-state index in [0.717, 1.165) is 27.7 Å². The number of benzene rings is 2. The standard InChI is InChI=1S/C34H27N13O2/c1-17(47-34-28(32(36)39-16-41-34)30(45-47)25-12-21-23(43-25)5-2-6-26(21)48)49-20-7-8-22-19(10-20)11-24(42-22)29-27-31(35)38-15-40-33(27)46(44-29)14-18-4-3-9-37-13-18/h2-13,15-17,42-43,48H,14H2,1H3,(H2,35,38,40)(H2,36,39,41). The van der Waals surface area contributed by atoms with Crippen LogP contribution in [0.5, 0.6) is 11.5 Å². The third kappa shape index (κ3) is 4.63. The number of ether oxygens (including phenoxy) is 1. The molecule has 7 aromatic heterocycles. The molecule has 240 valence electrons. The number of hydrogen-bond donors (Lipinski definition) is 5. The van der Waals surface area contributed by atoms with Crippen LogP contribution in [0.3, 0.4) is 0 Å². The van der Waals surface area contributed by atoms with Crippen molar-refractivity contribution in [1.82, 2.24) is 54.4 Å². The predicted molar refractivity (Wildman–Crippen MR) is 184 cm³/mol.